The van der Waals surface area contributed by atoms with Crippen LogP contribution >= 0.6 is 0 Å². The Morgan fingerprint density at radius 2 is 1.23 bits per heavy atom. The minimum absolute atomic E-state index is 0.277. The molecule has 4 aromatic rings. The lowest BCUT2D eigenvalue weighted by Gasteiger charge is -2.61. The largest absolute Gasteiger partial charge is 0.0619 e. The van der Waals surface area contributed by atoms with E-state index >= 15 is 0 Å². The maximum absolute atomic E-state index is 2.54. The van der Waals surface area contributed by atoms with Crippen LogP contribution in [0, 0.1) is 23.7 Å². The van der Waals surface area contributed by atoms with E-state index < -0.39 is 0 Å². The molecule has 0 N–H and O–H groups in total. The highest BCUT2D eigenvalue weighted by Crippen LogP contribution is 2.69. The van der Waals surface area contributed by atoms with Gasteiger partial charge >= 0.3 is 0 Å². The summed E-state index contributed by atoms with van der Waals surface area (Å²) >= 11 is 0. The number of hydrogen-bond acceptors (Lipinski definition) is 0. The topological polar surface area (TPSA) is 0 Å². The van der Waals surface area contributed by atoms with Gasteiger partial charge in [-0.05, 0) is 112 Å². The third-order valence-corrected chi connectivity index (χ3v) is 9.40. The third kappa shape index (κ3) is 1.77. The van der Waals surface area contributed by atoms with Crippen LogP contribution in [0.4, 0.5) is 0 Å². The molecule has 5 aliphatic carbocycles. The Morgan fingerprint density at radius 1 is 0.567 bits per heavy atom. The van der Waals surface area contributed by atoms with Crippen LogP contribution in [-0.2, 0) is 5.41 Å². The summed E-state index contributed by atoms with van der Waals surface area (Å²) in [5, 5.41) is 5.56. The van der Waals surface area contributed by atoms with Gasteiger partial charge in [0.05, 0.1) is 0 Å². The van der Waals surface area contributed by atoms with Crippen LogP contribution in [0.25, 0.3) is 32.7 Å². The second-order valence-corrected chi connectivity index (χ2v) is 10.6. The van der Waals surface area contributed by atoms with Crippen LogP contribution < -0.4 is 0 Å². The molecule has 9 rings (SSSR count). The van der Waals surface area contributed by atoms with Gasteiger partial charge in [-0.3, -0.25) is 0 Å². The zero-order valence-electron chi connectivity index (χ0n) is 17.3. The molecule has 0 saturated heterocycles. The quantitative estimate of drug-likeness (QED) is 0.271. The fraction of sp³-hybridized carbons (Fsp3) is 0.333. The molecule has 4 bridgehead atoms. The number of rotatable bonds is 0. The molecule has 4 fully saturated rings. The van der Waals surface area contributed by atoms with E-state index in [0.717, 1.165) is 23.7 Å². The number of fused-ring (bicyclic) bond motifs is 6. The van der Waals surface area contributed by atoms with Gasteiger partial charge < -0.3 is 0 Å². The monoisotopic (exact) mass is 386 g/mol. The summed E-state index contributed by atoms with van der Waals surface area (Å²) in [7, 11) is 0. The molecule has 4 saturated carbocycles. The van der Waals surface area contributed by atoms with Crippen LogP contribution in [0.3, 0.4) is 0 Å². The van der Waals surface area contributed by atoms with Crippen molar-refractivity contribution in [3.63, 3.8) is 0 Å². The Balaban J connectivity index is 1.50. The minimum Gasteiger partial charge on any atom is -0.0619 e. The first-order valence-electron chi connectivity index (χ1n) is 11.9. The summed E-state index contributed by atoms with van der Waals surface area (Å²) in [5.74, 6) is 3.68. The van der Waals surface area contributed by atoms with Crippen molar-refractivity contribution < 1.29 is 0 Å². The minimum atomic E-state index is 0.277. The van der Waals surface area contributed by atoms with E-state index in [0.29, 0.717) is 0 Å². The van der Waals surface area contributed by atoms with Crippen molar-refractivity contribution in [3.05, 3.63) is 83.9 Å². The van der Waals surface area contributed by atoms with Crippen LogP contribution in [0.2, 0.25) is 0 Å². The molecule has 0 unspecified atom stereocenters. The van der Waals surface area contributed by atoms with Gasteiger partial charge in [0, 0.05) is 5.41 Å². The molecule has 146 valence electrons. The first kappa shape index (κ1) is 16.1. The molecule has 0 atom stereocenters. The third-order valence-electron chi connectivity index (χ3n) is 9.40. The first-order valence-corrected chi connectivity index (χ1v) is 11.9. The molecule has 5 aliphatic rings. The predicted octanol–water partition coefficient (Wildman–Crippen LogP) is 7.72. The van der Waals surface area contributed by atoms with E-state index in [4.69, 9.17) is 0 Å². The average molecular weight is 387 g/mol. The Bertz CT molecular complexity index is 1330. The normalized spacial score (nSPS) is 32.8. The molecule has 30 heavy (non-hydrogen) atoms. The second-order valence-electron chi connectivity index (χ2n) is 10.6. The summed E-state index contributed by atoms with van der Waals surface area (Å²) < 4.78 is 0. The zero-order chi connectivity index (χ0) is 19.4. The first-order chi connectivity index (χ1) is 14.8. The van der Waals surface area contributed by atoms with Gasteiger partial charge in [-0.25, -0.2) is 0 Å². The summed E-state index contributed by atoms with van der Waals surface area (Å²) in [4.78, 5) is 0. The fourth-order valence-electron chi connectivity index (χ4n) is 8.66. The van der Waals surface area contributed by atoms with Crippen molar-refractivity contribution in [3.8, 4) is 11.1 Å². The Kier molecular flexibility index (Phi) is 2.88. The molecule has 4 aromatic carbocycles. The molecule has 1 spiro atoms. The molecule has 0 radical (unpaired) electrons. The summed E-state index contributed by atoms with van der Waals surface area (Å²) in [5.41, 5.74) is 6.69. The van der Waals surface area contributed by atoms with Gasteiger partial charge in [-0.1, -0.05) is 60.7 Å². The molecule has 0 aliphatic heterocycles. The molecule has 0 amide bonds. The van der Waals surface area contributed by atoms with Crippen LogP contribution in [0.15, 0.2) is 72.8 Å². The van der Waals surface area contributed by atoms with Gasteiger partial charge in [0.25, 0.3) is 0 Å². The second kappa shape index (κ2) is 5.35. The highest BCUT2D eigenvalue weighted by Gasteiger charge is 2.61. The van der Waals surface area contributed by atoms with Crippen molar-refractivity contribution in [1.82, 2.24) is 0 Å². The Morgan fingerprint density at radius 3 is 2.00 bits per heavy atom. The number of hydrogen-bond donors (Lipinski definition) is 0. The highest BCUT2D eigenvalue weighted by molar-refractivity contribution is 6.08. The van der Waals surface area contributed by atoms with Crippen LogP contribution in [0.5, 0.6) is 0 Å². The maximum atomic E-state index is 2.54. The molecular formula is C30H26. The van der Waals surface area contributed by atoms with E-state index in [-0.39, 0.29) is 5.41 Å². The number of benzene rings is 4. The van der Waals surface area contributed by atoms with E-state index in [1.54, 1.807) is 16.7 Å². The standard InChI is InChI=1S/C30H26/c1-2-6-21-17-26-22(16-20(21)5-1)9-10-28-29(26)25-7-3-4-8-27(25)30(28)23-12-18-11-19(14-23)15-24(30)13-18/h1-10,16-19,23-24H,11-15H2. The maximum Gasteiger partial charge on any atom is 0.0272 e. The fourth-order valence-corrected chi connectivity index (χ4v) is 8.66. The smallest absolute Gasteiger partial charge is 0.0272 e. The average Bonchev–Trinajstić information content (AvgIpc) is 3.07. The van der Waals surface area contributed by atoms with E-state index in [2.05, 4.69) is 72.8 Å². The van der Waals surface area contributed by atoms with Gasteiger partial charge in [0.15, 0.2) is 0 Å². The molecular weight excluding hydrogens is 360 g/mol. The van der Waals surface area contributed by atoms with E-state index in [9.17, 15) is 0 Å². The highest BCUT2D eigenvalue weighted by atomic mass is 14.6. The van der Waals surface area contributed by atoms with Crippen molar-refractivity contribution in [1.29, 1.82) is 0 Å². The van der Waals surface area contributed by atoms with Gasteiger partial charge in [0.2, 0.25) is 0 Å². The van der Waals surface area contributed by atoms with Crippen molar-refractivity contribution in [2.75, 3.05) is 0 Å². The summed E-state index contributed by atoms with van der Waals surface area (Å²) in [6, 6.07) is 28.1. The summed E-state index contributed by atoms with van der Waals surface area (Å²) in [6.07, 6.45) is 7.33. The molecule has 0 heteroatoms. The predicted molar refractivity (Wildman–Crippen MR) is 125 cm³/mol. The van der Waals surface area contributed by atoms with Crippen molar-refractivity contribution >= 4 is 21.5 Å². The van der Waals surface area contributed by atoms with Gasteiger partial charge in [-0.15, -0.1) is 0 Å². The van der Waals surface area contributed by atoms with Crippen LogP contribution in [-0.4, -0.2) is 0 Å². The Hall–Kier alpha value is -2.60. The lowest BCUT2D eigenvalue weighted by atomic mass is 9.43. The zero-order valence-corrected chi connectivity index (χ0v) is 17.3. The van der Waals surface area contributed by atoms with Crippen molar-refractivity contribution in [2.24, 2.45) is 23.7 Å². The molecule has 0 aromatic heterocycles. The summed E-state index contributed by atoms with van der Waals surface area (Å²) in [6.45, 7) is 0. The van der Waals surface area contributed by atoms with E-state index in [1.807, 2.05) is 0 Å². The van der Waals surface area contributed by atoms with Gasteiger partial charge in [-0.2, -0.15) is 0 Å². The van der Waals surface area contributed by atoms with Gasteiger partial charge in [0.1, 0.15) is 0 Å². The SMILES string of the molecule is c1ccc2c(c1)-c1c(ccc3cc4ccccc4cc13)C21C2CC3CC(C2)CC1C3. The van der Waals surface area contributed by atoms with Crippen molar-refractivity contribution in [2.45, 2.75) is 37.5 Å². The lowest BCUT2D eigenvalue weighted by molar-refractivity contribution is -0.0399. The van der Waals surface area contributed by atoms with Crippen LogP contribution in [0.1, 0.15) is 43.2 Å². The molecule has 0 nitrogen and oxygen atoms in total. The Labute approximate surface area is 177 Å². The lowest BCUT2D eigenvalue weighted by Crippen LogP contribution is -2.55. The molecule has 0 heterocycles. The van der Waals surface area contributed by atoms with E-state index in [1.165, 1.54) is 59.2 Å².